The fraction of sp³-hybridized carbons (Fsp3) is 0.438. The van der Waals surface area contributed by atoms with Crippen LogP contribution in [0.4, 0.5) is 0 Å². The summed E-state index contributed by atoms with van der Waals surface area (Å²) in [5, 5.41) is 0. The molecule has 0 spiro atoms. The molecule has 0 radical (unpaired) electrons. The Morgan fingerprint density at radius 1 is 0.833 bits per heavy atom. The van der Waals surface area contributed by atoms with Crippen LogP contribution in [0, 0.1) is 6.92 Å². The highest BCUT2D eigenvalue weighted by atomic mass is 15.0. The van der Waals surface area contributed by atoms with Crippen molar-refractivity contribution in [1.29, 1.82) is 0 Å². The third kappa shape index (κ3) is 6.89. The maximum absolute atomic E-state index is 4.21. The Kier molecular flexibility index (Phi) is 14.1. The summed E-state index contributed by atoms with van der Waals surface area (Å²) >= 11 is 0. The standard InChI is InChI=1S/C10H10N2.3C2H6/c1-9-4-5-10(8-11-9)12-6-2-3-7-12;3*1-2/h2-8H,1H3;3*1-2H3. The molecule has 0 aromatic carbocycles. The lowest BCUT2D eigenvalue weighted by molar-refractivity contribution is 1.04. The topological polar surface area (TPSA) is 17.8 Å². The summed E-state index contributed by atoms with van der Waals surface area (Å²) in [7, 11) is 0. The number of hydrogen-bond donors (Lipinski definition) is 0. The lowest BCUT2D eigenvalue weighted by atomic mass is 10.3. The van der Waals surface area contributed by atoms with Crippen LogP contribution >= 0.6 is 0 Å². The molecule has 0 saturated carbocycles. The molecule has 102 valence electrons. The fourth-order valence-corrected chi connectivity index (χ4v) is 1.12. The minimum Gasteiger partial charge on any atom is -0.322 e. The Balaban J connectivity index is 0. The average Bonchev–Trinajstić information content (AvgIpc) is 3.00. The van der Waals surface area contributed by atoms with E-state index in [0.717, 1.165) is 11.4 Å². The summed E-state index contributed by atoms with van der Waals surface area (Å²) in [4.78, 5) is 4.21. The van der Waals surface area contributed by atoms with Gasteiger partial charge in [-0.1, -0.05) is 41.5 Å². The van der Waals surface area contributed by atoms with Gasteiger partial charge in [0.25, 0.3) is 0 Å². The van der Waals surface area contributed by atoms with Gasteiger partial charge in [0.2, 0.25) is 0 Å². The Hall–Kier alpha value is -1.57. The van der Waals surface area contributed by atoms with Gasteiger partial charge in [-0.2, -0.15) is 0 Å². The van der Waals surface area contributed by atoms with Crippen molar-refractivity contribution in [2.45, 2.75) is 48.5 Å². The molecule has 0 bridgehead atoms. The molecule has 0 aliphatic heterocycles. The van der Waals surface area contributed by atoms with Crippen LogP contribution in [0.2, 0.25) is 0 Å². The second kappa shape index (κ2) is 13.5. The molecule has 0 amide bonds. The molecule has 0 aliphatic carbocycles. The maximum atomic E-state index is 4.21. The van der Waals surface area contributed by atoms with Gasteiger partial charge in [0.15, 0.2) is 0 Å². The SMILES string of the molecule is CC.CC.CC.Cc1ccc(-n2cccc2)cn1. The van der Waals surface area contributed by atoms with Gasteiger partial charge in [-0.15, -0.1) is 0 Å². The molecule has 2 nitrogen and oxygen atoms in total. The lowest BCUT2D eigenvalue weighted by Crippen LogP contribution is -1.90. The third-order valence-electron chi connectivity index (χ3n) is 1.80. The van der Waals surface area contributed by atoms with Crippen molar-refractivity contribution in [2.24, 2.45) is 0 Å². The molecule has 0 unspecified atom stereocenters. The van der Waals surface area contributed by atoms with Crippen LogP contribution in [0.1, 0.15) is 47.2 Å². The molecule has 0 N–H and O–H groups in total. The van der Waals surface area contributed by atoms with Crippen LogP contribution in [0.25, 0.3) is 5.69 Å². The lowest BCUT2D eigenvalue weighted by Gasteiger charge is -2.00. The number of pyridine rings is 1. The Labute approximate surface area is 113 Å². The van der Waals surface area contributed by atoms with E-state index in [1.165, 1.54) is 0 Å². The minimum absolute atomic E-state index is 1.05. The van der Waals surface area contributed by atoms with Gasteiger partial charge in [0.1, 0.15) is 0 Å². The number of nitrogens with zero attached hydrogens (tertiary/aromatic N) is 2. The van der Waals surface area contributed by atoms with Crippen molar-refractivity contribution >= 4 is 0 Å². The van der Waals surface area contributed by atoms with Gasteiger partial charge in [-0.25, -0.2) is 0 Å². The summed E-state index contributed by atoms with van der Waals surface area (Å²) < 4.78 is 2.03. The minimum atomic E-state index is 1.05. The zero-order valence-electron chi connectivity index (χ0n) is 12.9. The fourth-order valence-electron chi connectivity index (χ4n) is 1.12. The quantitative estimate of drug-likeness (QED) is 0.673. The van der Waals surface area contributed by atoms with E-state index in [4.69, 9.17) is 0 Å². The molecule has 0 fully saturated rings. The smallest absolute Gasteiger partial charge is 0.0633 e. The van der Waals surface area contributed by atoms with Crippen molar-refractivity contribution in [3.8, 4) is 5.69 Å². The number of aromatic nitrogens is 2. The van der Waals surface area contributed by atoms with Crippen LogP contribution in [0.5, 0.6) is 0 Å². The van der Waals surface area contributed by atoms with Gasteiger partial charge in [-0.3, -0.25) is 4.98 Å². The Bertz CT molecular complexity index is 347. The molecule has 0 atom stereocenters. The molecule has 2 aromatic rings. The van der Waals surface area contributed by atoms with Gasteiger partial charge in [0.05, 0.1) is 11.9 Å². The first kappa shape index (κ1) is 18.8. The van der Waals surface area contributed by atoms with Crippen molar-refractivity contribution < 1.29 is 0 Å². The molecule has 18 heavy (non-hydrogen) atoms. The van der Waals surface area contributed by atoms with E-state index in [0.29, 0.717) is 0 Å². The highest BCUT2D eigenvalue weighted by molar-refractivity contribution is 5.29. The molecular formula is C16H28N2. The van der Waals surface area contributed by atoms with E-state index in [-0.39, 0.29) is 0 Å². The molecule has 2 rings (SSSR count). The largest absolute Gasteiger partial charge is 0.322 e. The van der Waals surface area contributed by atoms with Crippen molar-refractivity contribution in [2.75, 3.05) is 0 Å². The van der Waals surface area contributed by atoms with E-state index >= 15 is 0 Å². The molecule has 2 heteroatoms. The number of aryl methyl sites for hydroxylation is 1. The zero-order chi connectivity index (χ0) is 14.4. The van der Waals surface area contributed by atoms with Crippen LogP contribution in [0.15, 0.2) is 42.9 Å². The van der Waals surface area contributed by atoms with Crippen LogP contribution in [-0.2, 0) is 0 Å². The summed E-state index contributed by atoms with van der Waals surface area (Å²) in [6.45, 7) is 14.0. The average molecular weight is 248 g/mol. The van der Waals surface area contributed by atoms with Crippen LogP contribution in [0.3, 0.4) is 0 Å². The van der Waals surface area contributed by atoms with Gasteiger partial charge in [-0.05, 0) is 31.2 Å². The molecule has 0 aliphatic rings. The van der Waals surface area contributed by atoms with E-state index in [2.05, 4.69) is 11.1 Å². The zero-order valence-corrected chi connectivity index (χ0v) is 12.9. The third-order valence-corrected chi connectivity index (χ3v) is 1.80. The van der Waals surface area contributed by atoms with Crippen LogP contribution < -0.4 is 0 Å². The van der Waals surface area contributed by atoms with Gasteiger partial charge >= 0.3 is 0 Å². The monoisotopic (exact) mass is 248 g/mol. The Morgan fingerprint density at radius 2 is 1.33 bits per heavy atom. The first-order chi connectivity index (χ1) is 8.86. The van der Waals surface area contributed by atoms with Gasteiger partial charge < -0.3 is 4.57 Å². The van der Waals surface area contributed by atoms with E-state index in [9.17, 15) is 0 Å². The number of rotatable bonds is 1. The number of hydrogen-bond acceptors (Lipinski definition) is 1. The highest BCUT2D eigenvalue weighted by Crippen LogP contribution is 2.06. The first-order valence-corrected chi connectivity index (χ1v) is 6.92. The van der Waals surface area contributed by atoms with E-state index in [1.807, 2.05) is 89.8 Å². The Morgan fingerprint density at radius 3 is 1.72 bits per heavy atom. The van der Waals surface area contributed by atoms with Gasteiger partial charge in [0, 0.05) is 18.1 Å². The molecule has 0 saturated heterocycles. The second-order valence-corrected chi connectivity index (χ2v) is 2.75. The second-order valence-electron chi connectivity index (χ2n) is 2.75. The van der Waals surface area contributed by atoms with Crippen molar-refractivity contribution in [1.82, 2.24) is 9.55 Å². The first-order valence-electron chi connectivity index (χ1n) is 6.92. The van der Waals surface area contributed by atoms with Crippen molar-refractivity contribution in [3.63, 3.8) is 0 Å². The summed E-state index contributed by atoms with van der Waals surface area (Å²) in [5.74, 6) is 0. The van der Waals surface area contributed by atoms with Crippen molar-refractivity contribution in [3.05, 3.63) is 48.5 Å². The molecule has 2 heterocycles. The highest BCUT2D eigenvalue weighted by Gasteiger charge is 1.92. The normalized spacial score (nSPS) is 7.72. The van der Waals surface area contributed by atoms with E-state index < -0.39 is 0 Å². The van der Waals surface area contributed by atoms with E-state index in [1.54, 1.807) is 0 Å². The molecule has 2 aromatic heterocycles. The maximum Gasteiger partial charge on any atom is 0.0633 e. The summed E-state index contributed by atoms with van der Waals surface area (Å²) in [5.41, 5.74) is 2.15. The predicted octanol–water partition coefficient (Wildman–Crippen LogP) is 5.26. The molecular weight excluding hydrogens is 220 g/mol. The predicted molar refractivity (Wildman–Crippen MR) is 82.3 cm³/mol. The van der Waals surface area contributed by atoms with Crippen LogP contribution in [-0.4, -0.2) is 9.55 Å². The summed E-state index contributed by atoms with van der Waals surface area (Å²) in [6, 6.07) is 8.07. The summed E-state index contributed by atoms with van der Waals surface area (Å²) in [6.07, 6.45) is 5.88.